The Morgan fingerprint density at radius 3 is 2.45 bits per heavy atom. The zero-order valence-corrected chi connectivity index (χ0v) is 13.4. The van der Waals surface area contributed by atoms with Crippen LogP contribution in [0.3, 0.4) is 0 Å². The normalized spacial score (nSPS) is 11.0. The number of hydrogen-bond acceptors (Lipinski definition) is 4. The number of nitrogens with one attached hydrogen (secondary N) is 1. The van der Waals surface area contributed by atoms with E-state index in [4.69, 9.17) is 0 Å². The van der Waals surface area contributed by atoms with Crippen molar-refractivity contribution in [3.05, 3.63) is 70.7 Å². The van der Waals surface area contributed by atoms with Gasteiger partial charge in [0.25, 0.3) is 0 Å². The Bertz CT molecular complexity index is 805. The third kappa shape index (κ3) is 3.23. The number of hydrogen-bond donors (Lipinski definition) is 1. The first kappa shape index (κ1) is 14.5. The Kier molecular flexibility index (Phi) is 4.30. The molecule has 110 valence electrons. The van der Waals surface area contributed by atoms with Crippen LogP contribution in [-0.4, -0.2) is 11.2 Å². The summed E-state index contributed by atoms with van der Waals surface area (Å²) in [6.07, 6.45) is 1.85. The number of rotatable bonds is 4. The highest BCUT2D eigenvalue weighted by atomic mass is 32.1. The maximum absolute atomic E-state index is 4.33. The molecule has 22 heavy (non-hydrogen) atoms. The number of thiazole rings is 1. The zero-order valence-electron chi connectivity index (χ0n) is 12.6. The quantitative estimate of drug-likeness (QED) is 0.551. The molecule has 3 aromatic rings. The third-order valence-electron chi connectivity index (χ3n) is 3.38. The highest BCUT2D eigenvalue weighted by Gasteiger charge is 2.05. The monoisotopic (exact) mass is 307 g/mol. The molecule has 0 aliphatic rings. The van der Waals surface area contributed by atoms with Crippen LogP contribution in [0.4, 0.5) is 5.13 Å². The summed E-state index contributed by atoms with van der Waals surface area (Å²) in [6.45, 7) is 4.10. The number of aromatic nitrogens is 1. The van der Waals surface area contributed by atoms with Gasteiger partial charge in [-0.3, -0.25) is 5.43 Å². The summed E-state index contributed by atoms with van der Waals surface area (Å²) in [4.78, 5) is 4.33. The van der Waals surface area contributed by atoms with E-state index in [-0.39, 0.29) is 0 Å². The van der Waals surface area contributed by atoms with Gasteiger partial charge in [-0.2, -0.15) is 5.10 Å². The lowest BCUT2D eigenvalue weighted by Gasteiger charge is -2.08. The van der Waals surface area contributed by atoms with Crippen LogP contribution in [0.1, 0.15) is 16.8 Å². The molecule has 0 aliphatic heterocycles. The van der Waals surface area contributed by atoms with Gasteiger partial charge in [0.05, 0.1) is 11.9 Å². The molecule has 0 atom stereocenters. The average Bonchev–Trinajstić information content (AvgIpc) is 2.94. The van der Waals surface area contributed by atoms with E-state index in [1.54, 1.807) is 11.3 Å². The Labute approximate surface area is 134 Å². The van der Waals surface area contributed by atoms with Crippen molar-refractivity contribution in [2.75, 3.05) is 5.43 Å². The minimum Gasteiger partial charge on any atom is -0.253 e. The molecule has 0 spiro atoms. The van der Waals surface area contributed by atoms with Crippen LogP contribution >= 0.6 is 11.3 Å². The summed E-state index contributed by atoms with van der Waals surface area (Å²) in [5, 5.41) is 7.12. The van der Waals surface area contributed by atoms with Crippen molar-refractivity contribution in [2.24, 2.45) is 5.10 Å². The first-order valence-electron chi connectivity index (χ1n) is 7.10. The van der Waals surface area contributed by atoms with E-state index in [9.17, 15) is 0 Å². The second-order valence-corrected chi connectivity index (χ2v) is 5.92. The molecule has 0 amide bonds. The van der Waals surface area contributed by atoms with Crippen LogP contribution in [0.25, 0.3) is 11.1 Å². The largest absolute Gasteiger partial charge is 0.253 e. The fourth-order valence-electron chi connectivity index (χ4n) is 2.29. The summed E-state index contributed by atoms with van der Waals surface area (Å²) in [5.74, 6) is 0. The maximum Gasteiger partial charge on any atom is 0.203 e. The number of benzene rings is 2. The fraction of sp³-hybridized carbons (Fsp3) is 0.111. The summed E-state index contributed by atoms with van der Waals surface area (Å²) in [6, 6.07) is 16.7. The van der Waals surface area contributed by atoms with Crippen molar-refractivity contribution >= 4 is 22.7 Å². The molecule has 3 rings (SSSR count). The van der Waals surface area contributed by atoms with Crippen molar-refractivity contribution in [3.8, 4) is 11.1 Å². The standard InChI is InChI=1S/C18H17N3S/c1-13-7-3-5-9-16(13)17-10-6-4-8-15(17)11-19-21-18-20-14(2)12-22-18/h3-12H,1-2H3,(H,20,21). The lowest BCUT2D eigenvalue weighted by atomic mass is 9.97. The SMILES string of the molecule is Cc1csc(NN=Cc2ccccc2-c2ccccc2C)n1. The first-order valence-corrected chi connectivity index (χ1v) is 7.98. The van der Waals surface area contributed by atoms with Crippen molar-refractivity contribution in [1.82, 2.24) is 4.98 Å². The molecule has 4 heteroatoms. The smallest absolute Gasteiger partial charge is 0.203 e. The minimum absolute atomic E-state index is 0.808. The molecule has 0 aliphatic carbocycles. The van der Waals surface area contributed by atoms with Crippen LogP contribution in [-0.2, 0) is 0 Å². The molecule has 2 aromatic carbocycles. The molecule has 0 radical (unpaired) electrons. The highest BCUT2D eigenvalue weighted by molar-refractivity contribution is 7.13. The van der Waals surface area contributed by atoms with Gasteiger partial charge in [-0.25, -0.2) is 4.98 Å². The van der Waals surface area contributed by atoms with E-state index in [0.29, 0.717) is 0 Å². The second kappa shape index (κ2) is 6.54. The Balaban J connectivity index is 1.87. The fourth-order valence-corrected chi connectivity index (χ4v) is 2.93. The van der Waals surface area contributed by atoms with Crippen LogP contribution in [0.5, 0.6) is 0 Å². The van der Waals surface area contributed by atoms with Gasteiger partial charge in [0.15, 0.2) is 0 Å². The molecule has 3 nitrogen and oxygen atoms in total. The Morgan fingerprint density at radius 2 is 1.73 bits per heavy atom. The first-order chi connectivity index (χ1) is 10.7. The zero-order chi connectivity index (χ0) is 15.4. The van der Waals surface area contributed by atoms with E-state index in [1.807, 2.05) is 24.6 Å². The number of anilines is 1. The highest BCUT2D eigenvalue weighted by Crippen LogP contribution is 2.25. The van der Waals surface area contributed by atoms with E-state index in [2.05, 4.69) is 64.9 Å². The van der Waals surface area contributed by atoms with Crippen molar-refractivity contribution in [3.63, 3.8) is 0 Å². The molecular weight excluding hydrogens is 290 g/mol. The maximum atomic E-state index is 4.33. The molecule has 1 N–H and O–H groups in total. The van der Waals surface area contributed by atoms with E-state index in [0.717, 1.165) is 16.4 Å². The molecule has 0 saturated carbocycles. The molecule has 0 unspecified atom stereocenters. The van der Waals surface area contributed by atoms with Gasteiger partial charge >= 0.3 is 0 Å². The van der Waals surface area contributed by atoms with Crippen LogP contribution in [0.15, 0.2) is 59.0 Å². The van der Waals surface area contributed by atoms with Gasteiger partial charge < -0.3 is 0 Å². The van der Waals surface area contributed by atoms with Gasteiger partial charge in [0, 0.05) is 10.9 Å². The van der Waals surface area contributed by atoms with Crippen LogP contribution in [0, 0.1) is 13.8 Å². The van der Waals surface area contributed by atoms with Gasteiger partial charge in [0.2, 0.25) is 5.13 Å². The number of nitrogens with zero attached hydrogens (tertiary/aromatic N) is 2. The topological polar surface area (TPSA) is 37.3 Å². The van der Waals surface area contributed by atoms with Crippen LogP contribution in [0.2, 0.25) is 0 Å². The van der Waals surface area contributed by atoms with Gasteiger partial charge in [-0.15, -0.1) is 11.3 Å². The molecule has 0 saturated heterocycles. The summed E-state index contributed by atoms with van der Waals surface area (Å²) in [7, 11) is 0. The minimum atomic E-state index is 0.808. The van der Waals surface area contributed by atoms with Crippen molar-refractivity contribution in [1.29, 1.82) is 0 Å². The Hall–Kier alpha value is -2.46. The van der Waals surface area contributed by atoms with Gasteiger partial charge in [0.1, 0.15) is 0 Å². The third-order valence-corrected chi connectivity index (χ3v) is 4.24. The predicted octanol–water partition coefficient (Wildman–Crippen LogP) is 4.87. The number of hydrazone groups is 1. The van der Waals surface area contributed by atoms with Crippen molar-refractivity contribution < 1.29 is 0 Å². The molecular formula is C18H17N3S. The van der Waals surface area contributed by atoms with E-state index >= 15 is 0 Å². The summed E-state index contributed by atoms with van der Waals surface area (Å²) in [5.41, 5.74) is 8.74. The molecule has 0 bridgehead atoms. The molecule has 0 fully saturated rings. The van der Waals surface area contributed by atoms with Crippen LogP contribution < -0.4 is 5.43 Å². The summed E-state index contributed by atoms with van der Waals surface area (Å²) < 4.78 is 0. The molecule has 1 heterocycles. The lowest BCUT2D eigenvalue weighted by Crippen LogP contribution is -1.93. The van der Waals surface area contributed by atoms with Gasteiger partial charge in [-0.05, 0) is 30.5 Å². The van der Waals surface area contributed by atoms with E-state index in [1.165, 1.54) is 16.7 Å². The molecule has 1 aromatic heterocycles. The predicted molar refractivity (Wildman–Crippen MR) is 94.7 cm³/mol. The second-order valence-electron chi connectivity index (χ2n) is 5.07. The Morgan fingerprint density at radius 1 is 1.00 bits per heavy atom. The lowest BCUT2D eigenvalue weighted by molar-refractivity contribution is 1.22. The van der Waals surface area contributed by atoms with Gasteiger partial charge in [-0.1, -0.05) is 48.5 Å². The van der Waals surface area contributed by atoms with E-state index < -0.39 is 0 Å². The average molecular weight is 307 g/mol. The number of aryl methyl sites for hydroxylation is 2. The summed E-state index contributed by atoms with van der Waals surface area (Å²) >= 11 is 1.55. The van der Waals surface area contributed by atoms with Crippen molar-refractivity contribution in [2.45, 2.75) is 13.8 Å².